The van der Waals surface area contributed by atoms with E-state index >= 15 is 0 Å². The molecule has 0 aliphatic heterocycles. The number of halogens is 1. The molecule has 154 valence electrons. The Morgan fingerprint density at radius 2 is 1.80 bits per heavy atom. The van der Waals surface area contributed by atoms with Crippen LogP contribution in [0.3, 0.4) is 0 Å². The second kappa shape index (κ2) is 9.92. The van der Waals surface area contributed by atoms with E-state index < -0.39 is 0 Å². The molecule has 1 N–H and O–H groups in total. The van der Waals surface area contributed by atoms with Gasteiger partial charge in [0.15, 0.2) is 0 Å². The highest BCUT2D eigenvalue weighted by atomic mass is 35.5. The predicted molar refractivity (Wildman–Crippen MR) is 129 cm³/mol. The standard InChI is InChI=1S/C26H28ClN3/c1-2-15-30(19-20-8-9-21-6-3-4-7-22(21)17-20)16-5-13-28-25-12-14-29-26-18-23(27)10-11-24(25)26/h3-4,6-12,14,17-18H,2,5,13,15-16,19H2,1H3,(H,28,29). The number of benzene rings is 3. The molecule has 0 aliphatic carbocycles. The molecule has 1 aromatic heterocycles. The fourth-order valence-electron chi connectivity index (χ4n) is 3.98. The average molecular weight is 418 g/mol. The average Bonchev–Trinajstić information content (AvgIpc) is 2.76. The van der Waals surface area contributed by atoms with Crippen LogP contribution in [0, 0.1) is 0 Å². The third kappa shape index (κ3) is 5.10. The van der Waals surface area contributed by atoms with Crippen LogP contribution in [0.4, 0.5) is 5.69 Å². The molecule has 1 heterocycles. The van der Waals surface area contributed by atoms with Crippen molar-refractivity contribution < 1.29 is 0 Å². The lowest BCUT2D eigenvalue weighted by molar-refractivity contribution is 0.265. The molecule has 0 saturated carbocycles. The Balaban J connectivity index is 1.35. The minimum absolute atomic E-state index is 0.719. The highest BCUT2D eigenvalue weighted by molar-refractivity contribution is 6.31. The summed E-state index contributed by atoms with van der Waals surface area (Å²) in [7, 11) is 0. The first-order chi connectivity index (χ1) is 14.7. The lowest BCUT2D eigenvalue weighted by atomic mass is 10.1. The van der Waals surface area contributed by atoms with Gasteiger partial charge in [0.25, 0.3) is 0 Å². The maximum absolute atomic E-state index is 6.10. The number of nitrogens with zero attached hydrogens (tertiary/aromatic N) is 2. The predicted octanol–water partition coefficient (Wildman–Crippen LogP) is 6.76. The van der Waals surface area contributed by atoms with Crippen LogP contribution in [0.15, 0.2) is 72.9 Å². The van der Waals surface area contributed by atoms with Gasteiger partial charge in [-0.3, -0.25) is 9.88 Å². The molecule has 4 aromatic rings. The molecule has 30 heavy (non-hydrogen) atoms. The number of fused-ring (bicyclic) bond motifs is 2. The largest absolute Gasteiger partial charge is 0.384 e. The molecular formula is C26H28ClN3. The summed E-state index contributed by atoms with van der Waals surface area (Å²) in [5.41, 5.74) is 3.43. The summed E-state index contributed by atoms with van der Waals surface area (Å²) in [6, 6.07) is 23.3. The van der Waals surface area contributed by atoms with Crippen molar-refractivity contribution in [3.8, 4) is 0 Å². The van der Waals surface area contributed by atoms with Crippen LogP contribution < -0.4 is 5.32 Å². The van der Waals surface area contributed by atoms with Crippen LogP contribution in [0.5, 0.6) is 0 Å². The summed E-state index contributed by atoms with van der Waals surface area (Å²) in [4.78, 5) is 6.97. The van der Waals surface area contributed by atoms with E-state index in [1.807, 2.05) is 30.5 Å². The van der Waals surface area contributed by atoms with Gasteiger partial charge in [0.1, 0.15) is 0 Å². The number of pyridine rings is 1. The fourth-order valence-corrected chi connectivity index (χ4v) is 4.15. The van der Waals surface area contributed by atoms with E-state index in [4.69, 9.17) is 11.6 Å². The van der Waals surface area contributed by atoms with E-state index in [-0.39, 0.29) is 0 Å². The SMILES string of the molecule is CCCN(CCCNc1ccnc2cc(Cl)ccc12)Cc1ccc2ccccc2c1. The summed E-state index contributed by atoms with van der Waals surface area (Å²) in [5, 5.41) is 8.04. The number of hydrogen-bond acceptors (Lipinski definition) is 3. The van der Waals surface area contributed by atoms with Gasteiger partial charge >= 0.3 is 0 Å². The Morgan fingerprint density at radius 3 is 2.67 bits per heavy atom. The molecule has 0 spiro atoms. The first-order valence-corrected chi connectivity index (χ1v) is 11.1. The van der Waals surface area contributed by atoms with Gasteiger partial charge in [-0.15, -0.1) is 0 Å². The molecule has 0 aliphatic rings. The second-order valence-electron chi connectivity index (χ2n) is 7.76. The van der Waals surface area contributed by atoms with Gasteiger partial charge in [0.05, 0.1) is 5.52 Å². The lowest BCUT2D eigenvalue weighted by Crippen LogP contribution is -2.26. The van der Waals surface area contributed by atoms with Gasteiger partial charge in [0, 0.05) is 41.9 Å². The Morgan fingerprint density at radius 1 is 0.933 bits per heavy atom. The smallest absolute Gasteiger partial charge is 0.0737 e. The molecular weight excluding hydrogens is 390 g/mol. The van der Waals surface area contributed by atoms with Crippen LogP contribution in [0.25, 0.3) is 21.7 Å². The number of anilines is 1. The quantitative estimate of drug-likeness (QED) is 0.305. The molecule has 3 nitrogen and oxygen atoms in total. The Kier molecular flexibility index (Phi) is 6.83. The summed E-state index contributed by atoms with van der Waals surface area (Å²) < 4.78 is 0. The molecule has 3 aromatic carbocycles. The molecule has 0 bridgehead atoms. The van der Waals surface area contributed by atoms with Crippen LogP contribution in [0.2, 0.25) is 5.02 Å². The van der Waals surface area contributed by atoms with Crippen molar-refractivity contribution in [2.45, 2.75) is 26.3 Å². The third-order valence-corrected chi connectivity index (χ3v) is 5.67. The molecule has 4 rings (SSSR count). The molecule has 0 unspecified atom stereocenters. The van der Waals surface area contributed by atoms with Gasteiger partial charge in [-0.05, 0) is 66.1 Å². The maximum Gasteiger partial charge on any atom is 0.0737 e. The van der Waals surface area contributed by atoms with E-state index in [1.54, 1.807) is 0 Å². The normalized spacial score (nSPS) is 11.4. The molecule has 0 fully saturated rings. The Bertz CT molecular complexity index is 1130. The highest BCUT2D eigenvalue weighted by Gasteiger charge is 2.07. The third-order valence-electron chi connectivity index (χ3n) is 5.43. The first-order valence-electron chi connectivity index (χ1n) is 10.7. The Labute approximate surface area is 183 Å². The molecule has 0 radical (unpaired) electrons. The first kappa shape index (κ1) is 20.6. The number of aromatic nitrogens is 1. The summed E-state index contributed by atoms with van der Waals surface area (Å²) in [5.74, 6) is 0. The van der Waals surface area contributed by atoms with E-state index in [9.17, 15) is 0 Å². The minimum Gasteiger partial charge on any atom is -0.384 e. The van der Waals surface area contributed by atoms with Gasteiger partial charge in [-0.1, -0.05) is 54.9 Å². The fraction of sp³-hybridized carbons (Fsp3) is 0.269. The van der Waals surface area contributed by atoms with Crippen molar-refractivity contribution in [1.29, 1.82) is 0 Å². The van der Waals surface area contributed by atoms with E-state index in [0.717, 1.165) is 60.6 Å². The zero-order chi connectivity index (χ0) is 20.8. The van der Waals surface area contributed by atoms with Crippen LogP contribution >= 0.6 is 11.6 Å². The van der Waals surface area contributed by atoms with Gasteiger partial charge in [-0.2, -0.15) is 0 Å². The lowest BCUT2D eigenvalue weighted by Gasteiger charge is -2.22. The van der Waals surface area contributed by atoms with Gasteiger partial charge in [0.2, 0.25) is 0 Å². The minimum atomic E-state index is 0.719. The Hall–Kier alpha value is -2.62. The topological polar surface area (TPSA) is 28.2 Å². The maximum atomic E-state index is 6.10. The number of hydrogen-bond donors (Lipinski definition) is 1. The second-order valence-corrected chi connectivity index (χ2v) is 8.19. The molecule has 0 amide bonds. The number of nitrogens with one attached hydrogen (secondary N) is 1. The van der Waals surface area contributed by atoms with E-state index in [2.05, 4.69) is 64.6 Å². The van der Waals surface area contributed by atoms with Crippen molar-refractivity contribution in [1.82, 2.24) is 9.88 Å². The van der Waals surface area contributed by atoms with Crippen LogP contribution in [-0.4, -0.2) is 29.5 Å². The van der Waals surface area contributed by atoms with Crippen molar-refractivity contribution >= 4 is 39.0 Å². The molecule has 0 atom stereocenters. The van der Waals surface area contributed by atoms with Crippen molar-refractivity contribution in [3.63, 3.8) is 0 Å². The van der Waals surface area contributed by atoms with E-state index in [0.29, 0.717) is 0 Å². The van der Waals surface area contributed by atoms with Gasteiger partial charge in [-0.25, -0.2) is 0 Å². The monoisotopic (exact) mass is 417 g/mol. The summed E-state index contributed by atoms with van der Waals surface area (Å²) >= 11 is 6.10. The highest BCUT2D eigenvalue weighted by Crippen LogP contribution is 2.24. The van der Waals surface area contributed by atoms with Crippen molar-refractivity contribution in [3.05, 3.63) is 83.5 Å². The van der Waals surface area contributed by atoms with Crippen molar-refractivity contribution in [2.24, 2.45) is 0 Å². The zero-order valence-electron chi connectivity index (χ0n) is 17.4. The number of rotatable bonds is 9. The van der Waals surface area contributed by atoms with E-state index in [1.165, 1.54) is 16.3 Å². The zero-order valence-corrected chi connectivity index (χ0v) is 18.2. The summed E-state index contributed by atoms with van der Waals surface area (Å²) in [6.45, 7) is 6.36. The van der Waals surface area contributed by atoms with Crippen LogP contribution in [-0.2, 0) is 6.54 Å². The van der Waals surface area contributed by atoms with Crippen molar-refractivity contribution in [2.75, 3.05) is 25.0 Å². The molecule has 4 heteroatoms. The summed E-state index contributed by atoms with van der Waals surface area (Å²) in [6.07, 6.45) is 4.09. The van der Waals surface area contributed by atoms with Crippen LogP contribution in [0.1, 0.15) is 25.3 Å². The molecule has 0 saturated heterocycles. The van der Waals surface area contributed by atoms with Gasteiger partial charge < -0.3 is 5.32 Å².